The first-order valence-corrected chi connectivity index (χ1v) is 11.3. The molecule has 0 spiro atoms. The number of hydrogen-bond acceptors (Lipinski definition) is 4. The predicted molar refractivity (Wildman–Crippen MR) is 123 cm³/mol. The molecule has 2 heterocycles. The molecule has 1 N–H and O–H groups in total. The highest BCUT2D eigenvalue weighted by Gasteiger charge is 2.33. The van der Waals surface area contributed by atoms with Crippen molar-refractivity contribution in [3.05, 3.63) is 66.2 Å². The zero-order valence-corrected chi connectivity index (χ0v) is 18.3. The number of para-hydroxylation sites is 1. The van der Waals surface area contributed by atoms with Crippen molar-refractivity contribution in [2.45, 2.75) is 25.3 Å². The zero-order chi connectivity index (χ0) is 22.3. The van der Waals surface area contributed by atoms with Crippen LogP contribution in [0.2, 0.25) is 0 Å². The second-order valence-electron chi connectivity index (χ2n) is 8.28. The van der Waals surface area contributed by atoms with Crippen molar-refractivity contribution in [3.63, 3.8) is 0 Å². The molecule has 0 bridgehead atoms. The van der Waals surface area contributed by atoms with Gasteiger partial charge in [-0.15, -0.1) is 0 Å². The quantitative estimate of drug-likeness (QED) is 0.757. The number of likely N-dealkylation sites (tertiary alicyclic amines) is 1. The molecular formula is C25H30N4O3. The van der Waals surface area contributed by atoms with E-state index in [4.69, 9.17) is 0 Å². The Hall–Kier alpha value is -3.35. The summed E-state index contributed by atoms with van der Waals surface area (Å²) in [6.07, 6.45) is 2.19. The number of anilines is 1. The van der Waals surface area contributed by atoms with Crippen LogP contribution < -0.4 is 10.2 Å². The molecule has 1 unspecified atom stereocenters. The van der Waals surface area contributed by atoms with Crippen molar-refractivity contribution < 1.29 is 14.4 Å². The molecule has 2 aromatic carbocycles. The molecule has 2 aliphatic heterocycles. The Morgan fingerprint density at radius 3 is 2.16 bits per heavy atom. The number of nitrogens with one attached hydrogen (secondary N) is 1. The van der Waals surface area contributed by atoms with Gasteiger partial charge in [0.25, 0.3) is 0 Å². The van der Waals surface area contributed by atoms with Crippen molar-refractivity contribution in [1.29, 1.82) is 0 Å². The van der Waals surface area contributed by atoms with Gasteiger partial charge in [-0.1, -0.05) is 48.5 Å². The van der Waals surface area contributed by atoms with Crippen LogP contribution in [0.4, 0.5) is 5.69 Å². The Morgan fingerprint density at radius 1 is 0.844 bits per heavy atom. The van der Waals surface area contributed by atoms with Gasteiger partial charge in [0.15, 0.2) is 0 Å². The van der Waals surface area contributed by atoms with Gasteiger partial charge in [0.05, 0.1) is 6.54 Å². The lowest BCUT2D eigenvalue weighted by Gasteiger charge is -2.36. The van der Waals surface area contributed by atoms with E-state index in [0.717, 1.165) is 37.2 Å². The predicted octanol–water partition coefficient (Wildman–Crippen LogP) is 2.21. The summed E-state index contributed by atoms with van der Waals surface area (Å²) in [5, 5.41) is 2.80. The highest BCUT2D eigenvalue weighted by molar-refractivity contribution is 5.91. The summed E-state index contributed by atoms with van der Waals surface area (Å²) in [5.74, 6) is -0.408. The highest BCUT2D eigenvalue weighted by Crippen LogP contribution is 2.25. The number of piperazine rings is 1. The van der Waals surface area contributed by atoms with Gasteiger partial charge < -0.3 is 20.0 Å². The molecule has 2 aromatic rings. The van der Waals surface area contributed by atoms with Crippen LogP contribution in [0.5, 0.6) is 0 Å². The molecule has 0 radical (unpaired) electrons. The highest BCUT2D eigenvalue weighted by atomic mass is 16.2. The van der Waals surface area contributed by atoms with Gasteiger partial charge >= 0.3 is 0 Å². The summed E-state index contributed by atoms with van der Waals surface area (Å²) in [7, 11) is 0. The van der Waals surface area contributed by atoms with Gasteiger partial charge in [-0.2, -0.15) is 0 Å². The maximum absolute atomic E-state index is 13.1. The molecule has 4 rings (SSSR count). The first-order valence-electron chi connectivity index (χ1n) is 11.3. The SMILES string of the molecule is O=C(NCC(=O)N1CCN(c2ccccc2)CC1)C(c1ccccc1)N1CCCCC1=O. The lowest BCUT2D eigenvalue weighted by molar-refractivity contribution is -0.143. The summed E-state index contributed by atoms with van der Waals surface area (Å²) < 4.78 is 0. The second-order valence-corrected chi connectivity index (χ2v) is 8.28. The topological polar surface area (TPSA) is 73.0 Å². The second kappa shape index (κ2) is 10.3. The van der Waals surface area contributed by atoms with E-state index in [9.17, 15) is 14.4 Å². The minimum atomic E-state index is -0.702. The van der Waals surface area contributed by atoms with E-state index < -0.39 is 6.04 Å². The van der Waals surface area contributed by atoms with Crippen LogP contribution in [0, 0.1) is 0 Å². The molecule has 1 atom stereocenters. The van der Waals surface area contributed by atoms with Crippen molar-refractivity contribution in [3.8, 4) is 0 Å². The van der Waals surface area contributed by atoms with Gasteiger partial charge in [-0.25, -0.2) is 0 Å². The molecule has 7 nitrogen and oxygen atoms in total. The third-order valence-corrected chi connectivity index (χ3v) is 6.20. The fraction of sp³-hybridized carbons (Fsp3) is 0.400. The zero-order valence-electron chi connectivity index (χ0n) is 18.3. The van der Waals surface area contributed by atoms with E-state index >= 15 is 0 Å². The van der Waals surface area contributed by atoms with Gasteiger partial charge in [-0.05, 0) is 30.5 Å². The summed E-state index contributed by atoms with van der Waals surface area (Å²) in [5.41, 5.74) is 1.92. The average molecular weight is 435 g/mol. The summed E-state index contributed by atoms with van der Waals surface area (Å²) in [6.45, 7) is 3.26. The molecule has 2 saturated heterocycles. The molecule has 2 fully saturated rings. The molecule has 3 amide bonds. The van der Waals surface area contributed by atoms with Crippen molar-refractivity contribution >= 4 is 23.4 Å². The molecule has 0 saturated carbocycles. The summed E-state index contributed by atoms with van der Waals surface area (Å²) in [6, 6.07) is 18.8. The van der Waals surface area contributed by atoms with Crippen LogP contribution in [0.3, 0.4) is 0 Å². The number of piperidine rings is 1. The third kappa shape index (κ3) is 5.10. The Bertz CT molecular complexity index is 927. The minimum Gasteiger partial charge on any atom is -0.368 e. The van der Waals surface area contributed by atoms with Gasteiger partial charge in [0.2, 0.25) is 17.7 Å². The number of carbonyl (C=O) groups is 3. The fourth-order valence-electron chi connectivity index (χ4n) is 4.43. The van der Waals surface area contributed by atoms with Crippen molar-refractivity contribution in [2.24, 2.45) is 0 Å². The molecule has 7 heteroatoms. The van der Waals surface area contributed by atoms with Gasteiger partial charge in [0, 0.05) is 44.8 Å². The fourth-order valence-corrected chi connectivity index (χ4v) is 4.43. The summed E-state index contributed by atoms with van der Waals surface area (Å²) >= 11 is 0. The van der Waals surface area contributed by atoms with Crippen molar-refractivity contribution in [1.82, 2.24) is 15.1 Å². The van der Waals surface area contributed by atoms with Crippen molar-refractivity contribution in [2.75, 3.05) is 44.2 Å². The molecule has 0 aliphatic carbocycles. The van der Waals surface area contributed by atoms with Crippen LogP contribution >= 0.6 is 0 Å². The Morgan fingerprint density at radius 2 is 1.50 bits per heavy atom. The first kappa shape index (κ1) is 21.9. The van der Waals surface area contributed by atoms with Gasteiger partial charge in [0.1, 0.15) is 6.04 Å². The average Bonchev–Trinajstić information content (AvgIpc) is 2.85. The van der Waals surface area contributed by atoms with Crippen LogP contribution in [-0.2, 0) is 14.4 Å². The lowest BCUT2D eigenvalue weighted by Crippen LogP contribution is -2.52. The molecule has 168 valence electrons. The van der Waals surface area contributed by atoms with Crippen LogP contribution in [0.1, 0.15) is 30.9 Å². The normalized spacial score (nSPS) is 17.8. The number of hydrogen-bond donors (Lipinski definition) is 1. The molecule has 2 aliphatic rings. The Kier molecular flexibility index (Phi) is 7.04. The number of nitrogens with zero attached hydrogens (tertiary/aromatic N) is 3. The third-order valence-electron chi connectivity index (χ3n) is 6.20. The number of amides is 3. The largest absolute Gasteiger partial charge is 0.368 e. The molecule has 0 aromatic heterocycles. The Labute approximate surface area is 189 Å². The smallest absolute Gasteiger partial charge is 0.247 e. The maximum atomic E-state index is 13.1. The van der Waals surface area contributed by atoms with Crippen LogP contribution in [-0.4, -0.2) is 66.8 Å². The number of carbonyl (C=O) groups excluding carboxylic acids is 3. The molecular weight excluding hydrogens is 404 g/mol. The standard InChI is InChI=1S/C25H30N4O3/c30-22-13-7-8-14-29(22)24(20-9-3-1-4-10-20)25(32)26-19-23(31)28-17-15-27(16-18-28)21-11-5-2-6-12-21/h1-6,9-12,24H,7-8,13-19H2,(H,26,32). The van der Waals surface area contributed by atoms with Crippen LogP contribution in [0.15, 0.2) is 60.7 Å². The lowest BCUT2D eigenvalue weighted by atomic mass is 10.0. The van der Waals surface area contributed by atoms with Gasteiger partial charge in [-0.3, -0.25) is 14.4 Å². The van der Waals surface area contributed by atoms with E-state index in [2.05, 4.69) is 22.3 Å². The van der Waals surface area contributed by atoms with E-state index in [-0.39, 0.29) is 24.3 Å². The number of benzene rings is 2. The van der Waals surface area contributed by atoms with Crippen LogP contribution in [0.25, 0.3) is 0 Å². The maximum Gasteiger partial charge on any atom is 0.247 e. The van der Waals surface area contributed by atoms with E-state index in [1.807, 2.05) is 48.5 Å². The molecule has 32 heavy (non-hydrogen) atoms. The first-order chi connectivity index (χ1) is 15.6. The Balaban J connectivity index is 1.35. The number of rotatable bonds is 6. The van der Waals surface area contributed by atoms with E-state index in [0.29, 0.717) is 26.1 Å². The summed E-state index contributed by atoms with van der Waals surface area (Å²) in [4.78, 5) is 44.1. The minimum absolute atomic E-state index is 0.0105. The van der Waals surface area contributed by atoms with E-state index in [1.54, 1.807) is 9.80 Å². The van der Waals surface area contributed by atoms with E-state index in [1.165, 1.54) is 0 Å². The monoisotopic (exact) mass is 434 g/mol.